The van der Waals surface area contributed by atoms with Gasteiger partial charge in [0.2, 0.25) is 6.29 Å². The van der Waals surface area contributed by atoms with Gasteiger partial charge in [-0.05, 0) is 48.0 Å². The first-order chi connectivity index (χ1) is 15.9. The van der Waals surface area contributed by atoms with Crippen molar-refractivity contribution >= 4 is 22.6 Å². The van der Waals surface area contributed by atoms with Crippen LogP contribution in [0.1, 0.15) is 16.4 Å². The predicted octanol–water partition coefficient (Wildman–Crippen LogP) is 1.02. The summed E-state index contributed by atoms with van der Waals surface area (Å²) in [6, 6.07) is 14.7. The van der Waals surface area contributed by atoms with E-state index in [0.29, 0.717) is 10.9 Å². The molecule has 2 aliphatic rings. The van der Waals surface area contributed by atoms with E-state index in [1.807, 2.05) is 42.5 Å². The molecule has 1 unspecified atom stereocenters. The van der Waals surface area contributed by atoms with Crippen LogP contribution in [-0.4, -0.2) is 70.0 Å². The van der Waals surface area contributed by atoms with Crippen molar-refractivity contribution in [1.29, 1.82) is 0 Å². The van der Waals surface area contributed by atoms with E-state index in [2.05, 4.69) is 4.99 Å². The van der Waals surface area contributed by atoms with Crippen LogP contribution in [0.2, 0.25) is 0 Å². The Morgan fingerprint density at radius 1 is 0.970 bits per heavy atom. The van der Waals surface area contributed by atoms with Crippen molar-refractivity contribution in [2.24, 2.45) is 10.7 Å². The molecule has 0 aromatic heterocycles. The summed E-state index contributed by atoms with van der Waals surface area (Å²) in [6.45, 7) is -0.519. The summed E-state index contributed by atoms with van der Waals surface area (Å²) in [4.78, 5) is 4.46. The maximum Gasteiger partial charge on any atom is 0.229 e. The highest BCUT2D eigenvalue weighted by Gasteiger charge is 2.44. The third-order valence-corrected chi connectivity index (χ3v) is 6.48. The van der Waals surface area contributed by atoms with Crippen LogP contribution < -0.4 is 15.2 Å². The van der Waals surface area contributed by atoms with E-state index in [-0.39, 0.29) is 5.25 Å². The van der Waals surface area contributed by atoms with Crippen LogP contribution in [-0.2, 0) is 4.74 Å². The third-order valence-electron chi connectivity index (χ3n) is 5.48. The summed E-state index contributed by atoms with van der Waals surface area (Å²) >= 11 is 1.42. The molecule has 33 heavy (non-hydrogen) atoms. The minimum Gasteiger partial charge on any atom is -0.497 e. The Labute approximate surface area is 195 Å². The zero-order valence-corrected chi connectivity index (χ0v) is 18.6. The molecule has 6 N–H and O–H groups in total. The molecular formula is C23H26N2O7S. The van der Waals surface area contributed by atoms with Crippen molar-refractivity contribution in [3.05, 3.63) is 65.7 Å². The maximum absolute atomic E-state index is 10.2. The van der Waals surface area contributed by atoms with Gasteiger partial charge < -0.3 is 40.4 Å². The monoisotopic (exact) mass is 474 g/mol. The smallest absolute Gasteiger partial charge is 0.229 e. The van der Waals surface area contributed by atoms with Gasteiger partial charge in [-0.3, -0.25) is 0 Å². The van der Waals surface area contributed by atoms with E-state index in [0.717, 1.165) is 22.6 Å². The summed E-state index contributed by atoms with van der Waals surface area (Å²) in [7, 11) is 1.61. The number of methoxy groups -OCH3 is 1. The minimum absolute atomic E-state index is 0.0686. The summed E-state index contributed by atoms with van der Waals surface area (Å²) in [5, 5.41) is 39.7. The number of nitrogens with zero attached hydrogens (tertiary/aromatic N) is 1. The van der Waals surface area contributed by atoms with E-state index in [4.69, 9.17) is 19.9 Å². The SMILES string of the molecule is COc1ccc(C2=CC(c3ccc(O[C@@H]4O[C@H](CO)[C@@H](O)[C@@H](O)[C@H]4O)cc3)SC(N)=N2)cc1. The predicted molar refractivity (Wildman–Crippen MR) is 124 cm³/mol. The molecule has 1 saturated heterocycles. The van der Waals surface area contributed by atoms with E-state index >= 15 is 0 Å². The standard InChI is InChI=1S/C23H26N2O7S/c1-30-14-6-2-12(3-7-14)16-10-18(33-23(24)25-16)13-4-8-15(9-5-13)31-22-21(29)20(28)19(27)17(11-26)32-22/h2-10,17-22,26-29H,11H2,1H3,(H2,24,25)/t17-,18?,19-,20-,21-,22-/m1/s1. The molecule has 6 atom stereocenters. The fourth-order valence-corrected chi connectivity index (χ4v) is 4.51. The first-order valence-corrected chi connectivity index (χ1v) is 11.2. The van der Waals surface area contributed by atoms with Crippen molar-refractivity contribution in [1.82, 2.24) is 0 Å². The van der Waals surface area contributed by atoms with Gasteiger partial charge in [-0.2, -0.15) is 0 Å². The lowest BCUT2D eigenvalue weighted by Crippen LogP contribution is -2.60. The molecule has 2 aliphatic heterocycles. The second kappa shape index (κ2) is 10.1. The van der Waals surface area contributed by atoms with Crippen LogP contribution in [0.3, 0.4) is 0 Å². The first kappa shape index (κ1) is 23.6. The average molecular weight is 475 g/mol. The summed E-state index contributed by atoms with van der Waals surface area (Å²) in [6.07, 6.45) is -4.65. The van der Waals surface area contributed by atoms with E-state index < -0.39 is 37.3 Å². The molecule has 10 heteroatoms. The van der Waals surface area contributed by atoms with Crippen molar-refractivity contribution in [3.63, 3.8) is 0 Å². The molecule has 0 bridgehead atoms. The van der Waals surface area contributed by atoms with Crippen molar-refractivity contribution in [3.8, 4) is 11.5 Å². The third kappa shape index (κ3) is 5.16. The number of hydrogen-bond acceptors (Lipinski definition) is 10. The molecule has 0 amide bonds. The lowest BCUT2D eigenvalue weighted by atomic mass is 9.99. The molecule has 0 aliphatic carbocycles. The molecule has 2 aromatic rings. The number of amidine groups is 1. The van der Waals surface area contributed by atoms with Crippen molar-refractivity contribution < 1.29 is 34.6 Å². The molecule has 0 spiro atoms. The normalized spacial score (nSPS) is 29.7. The lowest BCUT2D eigenvalue weighted by Gasteiger charge is -2.39. The number of ether oxygens (including phenoxy) is 3. The van der Waals surface area contributed by atoms with Gasteiger partial charge in [0.15, 0.2) is 5.17 Å². The summed E-state index contributed by atoms with van der Waals surface area (Å²) < 4.78 is 16.2. The number of aliphatic imine (C=N–C) groups is 1. The Kier molecular flexibility index (Phi) is 7.23. The van der Waals surface area contributed by atoms with Crippen LogP contribution in [0.5, 0.6) is 11.5 Å². The average Bonchev–Trinajstić information content (AvgIpc) is 2.84. The molecule has 4 rings (SSSR count). The van der Waals surface area contributed by atoms with E-state index in [1.165, 1.54) is 11.8 Å². The minimum atomic E-state index is -1.50. The maximum atomic E-state index is 10.2. The van der Waals surface area contributed by atoms with Gasteiger partial charge in [-0.25, -0.2) is 4.99 Å². The first-order valence-electron chi connectivity index (χ1n) is 10.3. The van der Waals surface area contributed by atoms with Crippen LogP contribution in [0, 0.1) is 0 Å². The molecule has 1 fully saturated rings. The van der Waals surface area contributed by atoms with Gasteiger partial charge >= 0.3 is 0 Å². The fourth-order valence-electron chi connectivity index (χ4n) is 3.61. The van der Waals surface area contributed by atoms with Gasteiger partial charge in [0.05, 0.1) is 24.7 Å². The van der Waals surface area contributed by atoms with Gasteiger partial charge in [-0.1, -0.05) is 23.9 Å². The molecule has 0 saturated carbocycles. The Balaban J connectivity index is 1.48. The number of aliphatic hydroxyl groups is 4. The van der Waals surface area contributed by atoms with Gasteiger partial charge in [0.25, 0.3) is 0 Å². The molecule has 2 heterocycles. The number of thioether (sulfide) groups is 1. The van der Waals surface area contributed by atoms with Gasteiger partial charge in [0, 0.05) is 5.56 Å². The Morgan fingerprint density at radius 3 is 2.27 bits per heavy atom. The number of hydrogen-bond donors (Lipinski definition) is 5. The quantitative estimate of drug-likeness (QED) is 0.414. The highest BCUT2D eigenvalue weighted by Crippen LogP contribution is 2.38. The molecule has 2 aromatic carbocycles. The number of nitrogens with two attached hydrogens (primary N) is 1. The van der Waals surface area contributed by atoms with Gasteiger partial charge in [0.1, 0.15) is 35.9 Å². The molecule has 0 radical (unpaired) electrons. The number of rotatable bonds is 6. The molecular weight excluding hydrogens is 448 g/mol. The zero-order chi connectivity index (χ0) is 23.5. The number of benzene rings is 2. The topological polar surface area (TPSA) is 147 Å². The van der Waals surface area contributed by atoms with Gasteiger partial charge in [-0.15, -0.1) is 0 Å². The van der Waals surface area contributed by atoms with Crippen LogP contribution in [0.4, 0.5) is 0 Å². The van der Waals surface area contributed by atoms with Crippen molar-refractivity contribution in [2.75, 3.05) is 13.7 Å². The van der Waals surface area contributed by atoms with Crippen LogP contribution in [0.15, 0.2) is 59.6 Å². The largest absolute Gasteiger partial charge is 0.497 e. The zero-order valence-electron chi connectivity index (χ0n) is 17.8. The molecule has 9 nitrogen and oxygen atoms in total. The van der Waals surface area contributed by atoms with Crippen LogP contribution in [0.25, 0.3) is 5.70 Å². The number of aliphatic hydroxyl groups excluding tert-OH is 4. The lowest BCUT2D eigenvalue weighted by molar-refractivity contribution is -0.277. The Hall–Kier alpha value is -2.60. The van der Waals surface area contributed by atoms with E-state index in [1.54, 1.807) is 19.2 Å². The molecule has 176 valence electrons. The summed E-state index contributed by atoms with van der Waals surface area (Å²) in [5.74, 6) is 1.15. The highest BCUT2D eigenvalue weighted by atomic mass is 32.2. The fraction of sp³-hybridized carbons (Fsp3) is 0.348. The van der Waals surface area contributed by atoms with Crippen LogP contribution >= 0.6 is 11.8 Å². The highest BCUT2D eigenvalue weighted by molar-refractivity contribution is 8.14. The van der Waals surface area contributed by atoms with Crippen molar-refractivity contribution in [2.45, 2.75) is 36.0 Å². The Morgan fingerprint density at radius 2 is 1.64 bits per heavy atom. The summed E-state index contributed by atoms with van der Waals surface area (Å²) in [5.41, 5.74) is 8.73. The second-order valence-electron chi connectivity index (χ2n) is 7.65. The Bertz CT molecular complexity index is 1010. The second-order valence-corrected chi connectivity index (χ2v) is 8.81. The van der Waals surface area contributed by atoms with E-state index in [9.17, 15) is 20.4 Å².